The quantitative estimate of drug-likeness (QED) is 0.592. The van der Waals surface area contributed by atoms with Crippen LogP contribution in [0.25, 0.3) is 11.4 Å². The molecule has 2 aromatic rings. The first-order chi connectivity index (χ1) is 12.6. The molecule has 1 amide bonds. The number of rotatable bonds is 7. The van der Waals surface area contributed by atoms with Gasteiger partial charge in [0.2, 0.25) is 5.91 Å². The van der Waals surface area contributed by atoms with Gasteiger partial charge in [-0.3, -0.25) is 9.36 Å². The summed E-state index contributed by atoms with van der Waals surface area (Å²) in [6.07, 6.45) is 6.43. The zero-order valence-electron chi connectivity index (χ0n) is 15.4. The molecule has 1 heterocycles. The smallest absolute Gasteiger partial charge is 0.233 e. The lowest BCUT2D eigenvalue weighted by Crippen LogP contribution is -2.37. The summed E-state index contributed by atoms with van der Waals surface area (Å²) in [4.78, 5) is 12.5. The maximum atomic E-state index is 12.5. The number of allylic oxidation sites excluding steroid dienone is 1. The summed E-state index contributed by atoms with van der Waals surface area (Å²) in [6, 6.07) is 8.53. The Morgan fingerprint density at radius 3 is 2.88 bits per heavy atom. The number of hydrogen-bond donors (Lipinski definition) is 1. The molecule has 5 nitrogen and oxygen atoms in total. The van der Waals surface area contributed by atoms with Gasteiger partial charge < -0.3 is 5.32 Å². The molecule has 0 bridgehead atoms. The number of aromatic nitrogens is 3. The van der Waals surface area contributed by atoms with E-state index in [1.807, 2.05) is 29.7 Å². The molecule has 0 aliphatic heterocycles. The van der Waals surface area contributed by atoms with Crippen molar-refractivity contribution in [2.45, 2.75) is 62.5 Å². The highest BCUT2D eigenvalue weighted by molar-refractivity contribution is 8.00. The van der Waals surface area contributed by atoms with Gasteiger partial charge in [-0.25, -0.2) is 0 Å². The van der Waals surface area contributed by atoms with E-state index in [1.54, 1.807) is 0 Å². The van der Waals surface area contributed by atoms with Crippen LogP contribution in [0.2, 0.25) is 0 Å². The highest BCUT2D eigenvalue weighted by Crippen LogP contribution is 2.28. The van der Waals surface area contributed by atoms with E-state index in [2.05, 4.69) is 41.1 Å². The first-order valence-corrected chi connectivity index (χ1v) is 10.0. The van der Waals surface area contributed by atoms with Crippen molar-refractivity contribution in [2.75, 3.05) is 0 Å². The van der Waals surface area contributed by atoms with Gasteiger partial charge in [-0.2, -0.15) is 0 Å². The zero-order valence-corrected chi connectivity index (χ0v) is 16.3. The van der Waals surface area contributed by atoms with E-state index >= 15 is 0 Å². The summed E-state index contributed by atoms with van der Waals surface area (Å²) in [5.41, 5.74) is 2.20. The second kappa shape index (κ2) is 8.54. The van der Waals surface area contributed by atoms with Crippen LogP contribution >= 0.6 is 11.8 Å². The van der Waals surface area contributed by atoms with E-state index < -0.39 is 0 Å². The summed E-state index contributed by atoms with van der Waals surface area (Å²) in [7, 11) is 0. The lowest BCUT2D eigenvalue weighted by molar-refractivity contribution is -0.120. The van der Waals surface area contributed by atoms with Crippen LogP contribution in [0.3, 0.4) is 0 Å². The van der Waals surface area contributed by atoms with E-state index in [-0.39, 0.29) is 11.2 Å². The number of nitrogens with zero attached hydrogens (tertiary/aromatic N) is 3. The summed E-state index contributed by atoms with van der Waals surface area (Å²) in [6.45, 7) is 8.44. The minimum absolute atomic E-state index is 0.0761. The Balaban J connectivity index is 1.76. The molecule has 1 aromatic carbocycles. The molecule has 6 heteroatoms. The Morgan fingerprint density at radius 2 is 2.19 bits per heavy atom. The third kappa shape index (κ3) is 4.36. The van der Waals surface area contributed by atoms with Crippen LogP contribution in [0.15, 0.2) is 42.1 Å². The molecule has 1 aromatic heterocycles. The minimum Gasteiger partial charge on any atom is -0.352 e. The maximum absolute atomic E-state index is 12.5. The lowest BCUT2D eigenvalue weighted by Gasteiger charge is -2.16. The van der Waals surface area contributed by atoms with Crippen LogP contribution in [0, 0.1) is 6.92 Å². The molecule has 0 unspecified atom stereocenters. The average Bonchev–Trinajstić information content (AvgIpc) is 3.26. The lowest BCUT2D eigenvalue weighted by atomic mass is 10.1. The summed E-state index contributed by atoms with van der Waals surface area (Å²) in [5, 5.41) is 12.4. The maximum Gasteiger partial charge on any atom is 0.233 e. The van der Waals surface area contributed by atoms with E-state index in [0.717, 1.165) is 29.4 Å². The monoisotopic (exact) mass is 370 g/mol. The predicted molar refractivity (Wildman–Crippen MR) is 106 cm³/mol. The highest BCUT2D eigenvalue weighted by Gasteiger charge is 2.23. The second-order valence-corrected chi connectivity index (χ2v) is 8.13. The van der Waals surface area contributed by atoms with E-state index in [1.165, 1.54) is 30.2 Å². The van der Waals surface area contributed by atoms with Crippen LogP contribution in [-0.2, 0) is 11.3 Å². The number of aryl methyl sites for hydroxylation is 1. The summed E-state index contributed by atoms with van der Waals surface area (Å²) >= 11 is 1.45. The van der Waals surface area contributed by atoms with Gasteiger partial charge in [0, 0.05) is 18.2 Å². The van der Waals surface area contributed by atoms with Crippen molar-refractivity contribution in [3.8, 4) is 11.4 Å². The zero-order chi connectivity index (χ0) is 18.5. The van der Waals surface area contributed by atoms with Gasteiger partial charge in [-0.1, -0.05) is 54.4 Å². The molecule has 0 saturated heterocycles. The van der Waals surface area contributed by atoms with Crippen molar-refractivity contribution < 1.29 is 4.79 Å². The molecule has 1 aliphatic rings. The largest absolute Gasteiger partial charge is 0.352 e. The van der Waals surface area contributed by atoms with Crippen molar-refractivity contribution in [1.82, 2.24) is 20.1 Å². The Kier molecular flexibility index (Phi) is 6.14. The van der Waals surface area contributed by atoms with Gasteiger partial charge in [0.15, 0.2) is 11.0 Å². The van der Waals surface area contributed by atoms with Crippen molar-refractivity contribution in [3.63, 3.8) is 0 Å². The molecular formula is C20H26N4OS. The number of carbonyl (C=O) groups is 1. The standard InChI is InChI=1S/C20H26N4OS/c1-4-12-24-18(16-9-7-8-14(2)13-16)22-23-20(24)26-15(3)19(25)21-17-10-5-6-11-17/h4,7-9,13,15,17H,1,5-6,10-12H2,2-3H3,(H,21,25)/t15-/m0/s1. The first-order valence-electron chi connectivity index (χ1n) is 9.16. The molecule has 138 valence electrons. The number of thioether (sulfide) groups is 1. The van der Waals surface area contributed by atoms with Gasteiger partial charge in [0.05, 0.1) is 5.25 Å². The second-order valence-electron chi connectivity index (χ2n) is 6.82. The van der Waals surface area contributed by atoms with Gasteiger partial charge in [0.25, 0.3) is 0 Å². The molecule has 26 heavy (non-hydrogen) atoms. The molecule has 1 saturated carbocycles. The molecule has 0 spiro atoms. The minimum atomic E-state index is -0.214. The van der Waals surface area contributed by atoms with E-state index in [0.29, 0.717) is 12.6 Å². The van der Waals surface area contributed by atoms with E-state index in [4.69, 9.17) is 0 Å². The third-order valence-corrected chi connectivity index (χ3v) is 5.74. The van der Waals surface area contributed by atoms with Gasteiger partial charge in [-0.05, 0) is 32.8 Å². The molecular weight excluding hydrogens is 344 g/mol. The van der Waals surface area contributed by atoms with Crippen LogP contribution in [0.5, 0.6) is 0 Å². The van der Waals surface area contributed by atoms with Crippen LogP contribution < -0.4 is 5.32 Å². The number of carbonyl (C=O) groups excluding carboxylic acids is 1. The molecule has 1 fully saturated rings. The van der Waals surface area contributed by atoms with Crippen molar-refractivity contribution in [2.24, 2.45) is 0 Å². The first kappa shape index (κ1) is 18.7. The molecule has 1 atom stereocenters. The van der Waals surface area contributed by atoms with Gasteiger partial charge in [-0.15, -0.1) is 16.8 Å². The SMILES string of the molecule is C=CCn1c(S[C@@H](C)C(=O)NC2CCCC2)nnc1-c1cccc(C)c1. The fraction of sp³-hybridized carbons (Fsp3) is 0.450. The van der Waals surface area contributed by atoms with E-state index in [9.17, 15) is 4.79 Å². The topological polar surface area (TPSA) is 59.8 Å². The normalized spacial score (nSPS) is 15.8. The number of benzene rings is 1. The average molecular weight is 371 g/mol. The molecule has 0 radical (unpaired) electrons. The third-order valence-electron chi connectivity index (χ3n) is 4.66. The Bertz CT molecular complexity index is 780. The van der Waals surface area contributed by atoms with Crippen LogP contribution in [0.1, 0.15) is 38.2 Å². The van der Waals surface area contributed by atoms with Gasteiger partial charge in [0.1, 0.15) is 0 Å². The molecule has 1 N–H and O–H groups in total. The summed E-state index contributed by atoms with van der Waals surface area (Å²) in [5.74, 6) is 0.881. The Labute approximate surface area is 159 Å². The fourth-order valence-corrected chi connectivity index (χ4v) is 4.14. The van der Waals surface area contributed by atoms with Crippen LogP contribution in [-0.4, -0.2) is 32.0 Å². The summed E-state index contributed by atoms with van der Waals surface area (Å²) < 4.78 is 2.02. The predicted octanol–water partition coefficient (Wildman–Crippen LogP) is 3.98. The van der Waals surface area contributed by atoms with Crippen molar-refractivity contribution in [3.05, 3.63) is 42.5 Å². The Morgan fingerprint density at radius 1 is 1.42 bits per heavy atom. The van der Waals surface area contributed by atoms with Crippen molar-refractivity contribution >= 4 is 17.7 Å². The fourth-order valence-electron chi connectivity index (χ4n) is 3.27. The number of nitrogens with one attached hydrogen (secondary N) is 1. The number of hydrogen-bond acceptors (Lipinski definition) is 4. The van der Waals surface area contributed by atoms with Gasteiger partial charge >= 0.3 is 0 Å². The Hall–Kier alpha value is -2.08. The highest BCUT2D eigenvalue weighted by atomic mass is 32.2. The number of amides is 1. The van der Waals surface area contributed by atoms with Crippen molar-refractivity contribution in [1.29, 1.82) is 0 Å². The molecule has 1 aliphatic carbocycles. The van der Waals surface area contributed by atoms with Crippen LogP contribution in [0.4, 0.5) is 0 Å². The molecule has 3 rings (SSSR count).